The summed E-state index contributed by atoms with van der Waals surface area (Å²) in [7, 11) is 0. The summed E-state index contributed by atoms with van der Waals surface area (Å²) in [5.74, 6) is 1.98. The largest absolute Gasteiger partial charge is 0.468 e. The van der Waals surface area contributed by atoms with Gasteiger partial charge in [-0.05, 0) is 30.9 Å². The van der Waals surface area contributed by atoms with E-state index in [1.807, 2.05) is 12.3 Å². The molecule has 5 heteroatoms. The molecule has 2 aliphatic rings. The molecule has 3 nitrogen and oxygen atoms in total. The van der Waals surface area contributed by atoms with E-state index >= 15 is 0 Å². The highest BCUT2D eigenvalue weighted by molar-refractivity contribution is 5.85. The Kier molecular flexibility index (Phi) is 7.96. The molecule has 0 bridgehead atoms. The lowest BCUT2D eigenvalue weighted by Crippen LogP contribution is -2.47. The highest BCUT2D eigenvalue weighted by Crippen LogP contribution is 2.38. The number of halogens is 2. The minimum Gasteiger partial charge on any atom is -0.468 e. The van der Waals surface area contributed by atoms with Gasteiger partial charge in [0.15, 0.2) is 0 Å². The second-order valence-corrected chi connectivity index (χ2v) is 5.64. The standard InChI is InChI=1S/C15H24N2O.2ClH/c1-2-5-13(6-3-1)15(14-7-4-12-18-14)17-10-8-16-9-11-17;;/h4,7,12-13,15-16H,1-3,5-6,8-11H2;2*1H/t15-;;/m1../s1. The SMILES string of the molecule is Cl.Cl.c1coc([C@@H](C2CCCCC2)N2CCNCC2)c1. The summed E-state index contributed by atoms with van der Waals surface area (Å²) in [4.78, 5) is 2.63. The maximum absolute atomic E-state index is 5.74. The molecule has 0 unspecified atom stereocenters. The third-order valence-electron chi connectivity index (χ3n) is 4.48. The molecule has 20 heavy (non-hydrogen) atoms. The van der Waals surface area contributed by atoms with E-state index in [2.05, 4.69) is 16.3 Å². The molecule has 2 heterocycles. The average Bonchev–Trinajstić information content (AvgIpc) is 2.95. The van der Waals surface area contributed by atoms with Gasteiger partial charge in [0, 0.05) is 26.2 Å². The fraction of sp³-hybridized carbons (Fsp3) is 0.733. The van der Waals surface area contributed by atoms with Crippen molar-refractivity contribution in [3.63, 3.8) is 0 Å². The lowest BCUT2D eigenvalue weighted by molar-refractivity contribution is 0.0870. The molecule has 0 radical (unpaired) electrons. The van der Waals surface area contributed by atoms with E-state index in [0.29, 0.717) is 6.04 Å². The van der Waals surface area contributed by atoms with E-state index in [0.717, 1.165) is 32.1 Å². The first kappa shape index (κ1) is 17.8. The van der Waals surface area contributed by atoms with Crippen molar-refractivity contribution in [1.82, 2.24) is 10.2 Å². The number of furan rings is 1. The van der Waals surface area contributed by atoms with Gasteiger partial charge < -0.3 is 9.73 Å². The van der Waals surface area contributed by atoms with Crippen molar-refractivity contribution < 1.29 is 4.42 Å². The van der Waals surface area contributed by atoms with Gasteiger partial charge in [-0.25, -0.2) is 0 Å². The summed E-state index contributed by atoms with van der Waals surface area (Å²) in [6, 6.07) is 4.72. The van der Waals surface area contributed by atoms with Crippen LogP contribution in [0.5, 0.6) is 0 Å². The molecular formula is C15H26Cl2N2O. The minimum atomic E-state index is 0. The molecule has 2 fully saturated rings. The molecule has 1 N–H and O–H groups in total. The van der Waals surface area contributed by atoms with Crippen molar-refractivity contribution in [3.8, 4) is 0 Å². The third kappa shape index (κ3) is 4.14. The Bertz CT molecular complexity index is 329. The number of nitrogens with one attached hydrogen (secondary N) is 1. The monoisotopic (exact) mass is 320 g/mol. The first-order valence-electron chi connectivity index (χ1n) is 7.43. The zero-order chi connectivity index (χ0) is 12.2. The summed E-state index contributed by atoms with van der Waals surface area (Å²) < 4.78 is 5.74. The van der Waals surface area contributed by atoms with Crippen molar-refractivity contribution >= 4 is 24.8 Å². The van der Waals surface area contributed by atoms with Crippen LogP contribution in [-0.2, 0) is 0 Å². The summed E-state index contributed by atoms with van der Waals surface area (Å²) in [6.45, 7) is 4.54. The summed E-state index contributed by atoms with van der Waals surface area (Å²) in [6.07, 6.45) is 8.78. The Morgan fingerprint density at radius 2 is 1.80 bits per heavy atom. The first-order valence-corrected chi connectivity index (χ1v) is 7.43. The molecule has 1 saturated carbocycles. The van der Waals surface area contributed by atoms with Gasteiger partial charge in [0.05, 0.1) is 12.3 Å². The van der Waals surface area contributed by atoms with Crippen molar-refractivity contribution in [3.05, 3.63) is 24.2 Å². The molecular weight excluding hydrogens is 295 g/mol. The highest BCUT2D eigenvalue weighted by atomic mass is 35.5. The molecule has 1 atom stereocenters. The zero-order valence-electron chi connectivity index (χ0n) is 11.9. The lowest BCUT2D eigenvalue weighted by Gasteiger charge is -2.39. The second kappa shape index (κ2) is 8.93. The number of rotatable bonds is 3. The van der Waals surface area contributed by atoms with E-state index in [-0.39, 0.29) is 24.8 Å². The molecule has 1 aliphatic heterocycles. The van der Waals surface area contributed by atoms with Crippen LogP contribution < -0.4 is 5.32 Å². The quantitative estimate of drug-likeness (QED) is 0.921. The highest BCUT2D eigenvalue weighted by Gasteiger charge is 2.32. The van der Waals surface area contributed by atoms with E-state index in [1.54, 1.807) is 0 Å². The minimum absolute atomic E-state index is 0. The fourth-order valence-electron chi connectivity index (χ4n) is 3.58. The van der Waals surface area contributed by atoms with Crippen LogP contribution in [0, 0.1) is 5.92 Å². The number of hydrogen-bond acceptors (Lipinski definition) is 3. The van der Waals surface area contributed by atoms with Crippen LogP contribution in [0.2, 0.25) is 0 Å². The Labute approximate surface area is 134 Å². The topological polar surface area (TPSA) is 28.4 Å². The Morgan fingerprint density at radius 3 is 2.40 bits per heavy atom. The van der Waals surface area contributed by atoms with Crippen LogP contribution in [-0.4, -0.2) is 31.1 Å². The van der Waals surface area contributed by atoms with Gasteiger partial charge in [0.25, 0.3) is 0 Å². The number of hydrogen-bond donors (Lipinski definition) is 1. The van der Waals surface area contributed by atoms with E-state index in [4.69, 9.17) is 4.42 Å². The van der Waals surface area contributed by atoms with Crippen LogP contribution in [0.15, 0.2) is 22.8 Å². The molecule has 1 aromatic heterocycles. The van der Waals surface area contributed by atoms with Gasteiger partial charge in [-0.2, -0.15) is 0 Å². The smallest absolute Gasteiger partial charge is 0.121 e. The molecule has 1 aromatic rings. The second-order valence-electron chi connectivity index (χ2n) is 5.64. The van der Waals surface area contributed by atoms with Crippen molar-refractivity contribution in [1.29, 1.82) is 0 Å². The van der Waals surface area contributed by atoms with E-state index < -0.39 is 0 Å². The van der Waals surface area contributed by atoms with Crippen LogP contribution in [0.3, 0.4) is 0 Å². The van der Waals surface area contributed by atoms with Gasteiger partial charge in [-0.1, -0.05) is 19.3 Å². The Balaban J connectivity index is 0.000001000. The van der Waals surface area contributed by atoms with Crippen molar-refractivity contribution in [2.75, 3.05) is 26.2 Å². The summed E-state index contributed by atoms with van der Waals surface area (Å²) in [5, 5.41) is 3.45. The first-order chi connectivity index (χ1) is 8.95. The zero-order valence-corrected chi connectivity index (χ0v) is 13.6. The van der Waals surface area contributed by atoms with E-state index in [9.17, 15) is 0 Å². The maximum atomic E-state index is 5.74. The van der Waals surface area contributed by atoms with Crippen LogP contribution in [0.4, 0.5) is 0 Å². The average molecular weight is 321 g/mol. The third-order valence-corrected chi connectivity index (χ3v) is 4.48. The van der Waals surface area contributed by atoms with Gasteiger partial charge >= 0.3 is 0 Å². The summed E-state index contributed by atoms with van der Waals surface area (Å²) in [5.41, 5.74) is 0. The lowest BCUT2D eigenvalue weighted by atomic mass is 9.82. The predicted molar refractivity (Wildman–Crippen MR) is 87.0 cm³/mol. The molecule has 116 valence electrons. The van der Waals surface area contributed by atoms with Gasteiger partial charge in [0.2, 0.25) is 0 Å². The summed E-state index contributed by atoms with van der Waals surface area (Å²) >= 11 is 0. The van der Waals surface area contributed by atoms with Crippen molar-refractivity contribution in [2.24, 2.45) is 5.92 Å². The van der Waals surface area contributed by atoms with Crippen LogP contribution in [0.25, 0.3) is 0 Å². The number of piperazine rings is 1. The predicted octanol–water partition coefficient (Wildman–Crippen LogP) is 3.65. The Hall–Kier alpha value is -0.220. The molecule has 0 aromatic carbocycles. The molecule has 1 saturated heterocycles. The normalized spacial score (nSPS) is 22.6. The van der Waals surface area contributed by atoms with E-state index in [1.165, 1.54) is 37.9 Å². The van der Waals surface area contributed by atoms with Crippen LogP contribution >= 0.6 is 24.8 Å². The molecule has 3 rings (SSSR count). The van der Waals surface area contributed by atoms with Gasteiger partial charge in [0.1, 0.15) is 5.76 Å². The maximum Gasteiger partial charge on any atom is 0.121 e. The van der Waals surface area contributed by atoms with Gasteiger partial charge in [-0.15, -0.1) is 24.8 Å². The van der Waals surface area contributed by atoms with Gasteiger partial charge in [-0.3, -0.25) is 4.90 Å². The van der Waals surface area contributed by atoms with Crippen LogP contribution in [0.1, 0.15) is 43.9 Å². The fourth-order valence-corrected chi connectivity index (χ4v) is 3.58. The molecule has 0 amide bonds. The van der Waals surface area contributed by atoms with Crippen molar-refractivity contribution in [2.45, 2.75) is 38.1 Å². The number of nitrogens with zero attached hydrogens (tertiary/aromatic N) is 1. The Morgan fingerprint density at radius 1 is 1.10 bits per heavy atom. The molecule has 1 aliphatic carbocycles. The molecule has 0 spiro atoms.